The van der Waals surface area contributed by atoms with Gasteiger partial charge >= 0.3 is 5.97 Å². The molecule has 0 N–H and O–H groups in total. The second-order valence-corrected chi connectivity index (χ2v) is 2.56. The normalized spacial score (nSPS) is 8.80. The molecule has 0 heterocycles. The van der Waals surface area contributed by atoms with E-state index in [9.17, 15) is 4.79 Å². The average Bonchev–Trinajstić information content (AvgIpc) is 1.87. The lowest BCUT2D eigenvalue weighted by Crippen LogP contribution is -2.05. The third kappa shape index (κ3) is 3.08. The Labute approximate surface area is 69.8 Å². The van der Waals surface area contributed by atoms with Crippen LogP contribution in [0.3, 0.4) is 0 Å². The minimum atomic E-state index is -0.470. The van der Waals surface area contributed by atoms with Crippen molar-refractivity contribution in [1.29, 1.82) is 0 Å². The predicted molar refractivity (Wildman–Crippen MR) is 41.0 cm³/mol. The van der Waals surface area contributed by atoms with E-state index in [1.54, 1.807) is 6.92 Å². The molecule has 0 saturated carbocycles. The topological polar surface area (TPSA) is 26.3 Å². The summed E-state index contributed by atoms with van der Waals surface area (Å²) in [6.07, 6.45) is 0. The molecule has 0 fully saturated rings. The van der Waals surface area contributed by atoms with Gasteiger partial charge in [0.05, 0.1) is 12.2 Å². The number of ether oxygens (including phenoxy) is 1. The number of hydrogen-bond donors (Lipinski definition) is 0. The fourth-order valence-electron chi connectivity index (χ4n) is 0.316. The zero-order valence-corrected chi connectivity index (χ0v) is 7.29. The molecule has 0 atom stereocenters. The molecule has 4 heteroatoms. The van der Waals surface area contributed by atoms with E-state index in [-0.39, 0.29) is 10.1 Å². The van der Waals surface area contributed by atoms with Crippen LogP contribution in [0.25, 0.3) is 0 Å². The van der Waals surface area contributed by atoms with Gasteiger partial charge in [-0.3, -0.25) is 0 Å². The number of carbonyl (C=O) groups is 1. The van der Waals surface area contributed by atoms with Gasteiger partial charge in [0.15, 0.2) is 0 Å². The molecular weight excluding hydrogens is 175 g/mol. The Kier molecular flexibility index (Phi) is 4.49. The highest BCUT2D eigenvalue weighted by atomic mass is 35.5. The third-order valence-corrected chi connectivity index (χ3v) is 1.43. The van der Waals surface area contributed by atoms with Gasteiger partial charge in [-0.1, -0.05) is 23.2 Å². The minimum absolute atomic E-state index is 0.0431. The van der Waals surface area contributed by atoms with Gasteiger partial charge < -0.3 is 4.74 Å². The quantitative estimate of drug-likeness (QED) is 0.484. The van der Waals surface area contributed by atoms with Crippen LogP contribution in [0.15, 0.2) is 10.1 Å². The molecule has 0 aliphatic heterocycles. The Morgan fingerprint density at radius 3 is 2.30 bits per heavy atom. The third-order valence-electron chi connectivity index (χ3n) is 0.865. The molecule has 0 aromatic carbocycles. The lowest BCUT2D eigenvalue weighted by molar-refractivity contribution is -0.138. The van der Waals surface area contributed by atoms with Crippen molar-refractivity contribution < 1.29 is 9.53 Å². The molecule has 0 bridgehead atoms. The van der Waals surface area contributed by atoms with Crippen LogP contribution in [0, 0.1) is 0 Å². The number of halogens is 2. The smallest absolute Gasteiger partial charge is 0.336 e. The summed E-state index contributed by atoms with van der Waals surface area (Å²) in [7, 11) is 0. The number of carbonyl (C=O) groups excluding carboxylic acids is 1. The van der Waals surface area contributed by atoms with E-state index in [2.05, 4.69) is 4.74 Å². The fraction of sp³-hybridized carbons (Fsp3) is 0.500. The summed E-state index contributed by atoms with van der Waals surface area (Å²) in [6.45, 7) is 3.55. The molecule has 0 saturated heterocycles. The largest absolute Gasteiger partial charge is 0.463 e. The van der Waals surface area contributed by atoms with Gasteiger partial charge in [0, 0.05) is 0 Å². The summed E-state index contributed by atoms with van der Waals surface area (Å²) in [5.41, 5.74) is 0.241. The Bertz CT molecular complexity index is 159. The minimum Gasteiger partial charge on any atom is -0.463 e. The first-order chi connectivity index (χ1) is 4.59. The summed E-state index contributed by atoms with van der Waals surface area (Å²) in [5, 5.41) is 0. The first kappa shape index (κ1) is 9.79. The maximum absolute atomic E-state index is 10.7. The van der Waals surface area contributed by atoms with Crippen molar-refractivity contribution in [2.45, 2.75) is 13.8 Å². The van der Waals surface area contributed by atoms with Gasteiger partial charge in [-0.15, -0.1) is 0 Å². The molecule has 2 nitrogen and oxygen atoms in total. The molecule has 10 heavy (non-hydrogen) atoms. The zero-order chi connectivity index (χ0) is 8.15. The Hall–Kier alpha value is -0.210. The van der Waals surface area contributed by atoms with Crippen LogP contribution in [0.5, 0.6) is 0 Å². The van der Waals surface area contributed by atoms with Crippen molar-refractivity contribution in [3.8, 4) is 0 Å². The van der Waals surface area contributed by atoms with Crippen molar-refractivity contribution in [3.63, 3.8) is 0 Å². The number of rotatable bonds is 2. The maximum Gasteiger partial charge on any atom is 0.336 e. The molecule has 0 rings (SSSR count). The average molecular weight is 183 g/mol. The molecule has 0 amide bonds. The van der Waals surface area contributed by atoms with Crippen molar-refractivity contribution in [2.75, 3.05) is 6.61 Å². The number of hydrogen-bond acceptors (Lipinski definition) is 2. The molecule has 0 aromatic rings. The van der Waals surface area contributed by atoms with E-state index in [1.165, 1.54) is 6.92 Å². The molecule has 0 aromatic heterocycles. The van der Waals surface area contributed by atoms with Gasteiger partial charge in [0.1, 0.15) is 4.49 Å². The second-order valence-electron chi connectivity index (χ2n) is 1.61. The van der Waals surface area contributed by atoms with Crippen LogP contribution in [-0.4, -0.2) is 12.6 Å². The van der Waals surface area contributed by atoms with E-state index in [4.69, 9.17) is 23.2 Å². The first-order valence-electron chi connectivity index (χ1n) is 2.78. The van der Waals surface area contributed by atoms with Crippen LogP contribution in [0.2, 0.25) is 0 Å². The van der Waals surface area contributed by atoms with E-state index in [0.717, 1.165) is 0 Å². The van der Waals surface area contributed by atoms with Crippen LogP contribution in [0.1, 0.15) is 13.8 Å². The second kappa shape index (κ2) is 4.58. The van der Waals surface area contributed by atoms with Crippen LogP contribution >= 0.6 is 23.2 Å². The zero-order valence-electron chi connectivity index (χ0n) is 5.78. The summed E-state index contributed by atoms with van der Waals surface area (Å²) >= 11 is 10.6. The Morgan fingerprint density at radius 1 is 1.50 bits per heavy atom. The lowest BCUT2D eigenvalue weighted by Gasteiger charge is -1.99. The summed E-state index contributed by atoms with van der Waals surface area (Å²) < 4.78 is 4.56. The van der Waals surface area contributed by atoms with Crippen molar-refractivity contribution >= 4 is 29.2 Å². The van der Waals surface area contributed by atoms with Gasteiger partial charge in [-0.25, -0.2) is 4.79 Å². The molecule has 58 valence electrons. The summed E-state index contributed by atoms with van der Waals surface area (Å²) in [4.78, 5) is 10.7. The first-order valence-corrected chi connectivity index (χ1v) is 3.54. The highest BCUT2D eigenvalue weighted by molar-refractivity contribution is 6.57. The highest BCUT2D eigenvalue weighted by Gasteiger charge is 2.07. The summed E-state index contributed by atoms with van der Waals surface area (Å²) in [6, 6.07) is 0. The van der Waals surface area contributed by atoms with Crippen molar-refractivity contribution in [1.82, 2.24) is 0 Å². The van der Waals surface area contributed by atoms with Crippen molar-refractivity contribution in [3.05, 3.63) is 10.1 Å². The van der Waals surface area contributed by atoms with Gasteiger partial charge in [-0.2, -0.15) is 0 Å². The maximum atomic E-state index is 10.7. The van der Waals surface area contributed by atoms with Crippen LogP contribution < -0.4 is 0 Å². The van der Waals surface area contributed by atoms with Crippen molar-refractivity contribution in [2.24, 2.45) is 0 Å². The lowest BCUT2D eigenvalue weighted by atomic mass is 10.4. The Balaban J connectivity index is 4.09. The van der Waals surface area contributed by atoms with Crippen LogP contribution in [-0.2, 0) is 9.53 Å². The fourth-order valence-corrected chi connectivity index (χ4v) is 0.471. The molecule has 0 spiro atoms. The number of esters is 1. The molecule has 0 unspecified atom stereocenters. The van der Waals surface area contributed by atoms with Gasteiger partial charge in [-0.05, 0) is 13.8 Å². The molecule has 0 radical (unpaired) electrons. The van der Waals surface area contributed by atoms with Gasteiger partial charge in [0.25, 0.3) is 0 Å². The van der Waals surface area contributed by atoms with Crippen LogP contribution in [0.4, 0.5) is 0 Å². The van der Waals surface area contributed by atoms with E-state index in [0.29, 0.717) is 6.61 Å². The SMILES string of the molecule is CCOC(=O)C(C)=C(Cl)Cl. The monoisotopic (exact) mass is 182 g/mol. The predicted octanol–water partition coefficient (Wildman–Crippen LogP) is 2.26. The highest BCUT2D eigenvalue weighted by Crippen LogP contribution is 2.14. The van der Waals surface area contributed by atoms with E-state index < -0.39 is 5.97 Å². The summed E-state index contributed by atoms with van der Waals surface area (Å²) in [5.74, 6) is -0.470. The molecule has 0 aliphatic carbocycles. The molecular formula is C6H8Cl2O2. The molecule has 0 aliphatic rings. The van der Waals surface area contributed by atoms with E-state index in [1.807, 2.05) is 0 Å². The van der Waals surface area contributed by atoms with E-state index >= 15 is 0 Å². The Morgan fingerprint density at radius 2 is 2.00 bits per heavy atom. The van der Waals surface area contributed by atoms with Gasteiger partial charge in [0.2, 0.25) is 0 Å². The standard InChI is InChI=1S/C6H8Cl2O2/c1-3-10-6(9)4(2)5(7)8/h3H2,1-2H3.